The fourth-order valence-corrected chi connectivity index (χ4v) is 4.96. The molecule has 2 aromatic rings. The second-order valence-electron chi connectivity index (χ2n) is 6.94. The zero-order valence-corrected chi connectivity index (χ0v) is 16.2. The number of carbonyl (C=O) groups is 1. The van der Waals surface area contributed by atoms with Crippen molar-refractivity contribution in [3.63, 3.8) is 0 Å². The van der Waals surface area contributed by atoms with Gasteiger partial charge in [-0.05, 0) is 62.6 Å². The third kappa shape index (κ3) is 4.36. The molecule has 0 aliphatic carbocycles. The molecule has 0 unspecified atom stereocenters. The molecule has 0 aromatic heterocycles. The molecule has 1 fully saturated rings. The van der Waals surface area contributed by atoms with Crippen LogP contribution in [0.5, 0.6) is 0 Å². The first-order valence-corrected chi connectivity index (χ1v) is 10.4. The Labute approximate surface area is 159 Å². The van der Waals surface area contributed by atoms with Crippen LogP contribution in [0.4, 0.5) is 10.1 Å². The van der Waals surface area contributed by atoms with Gasteiger partial charge < -0.3 is 5.32 Å². The van der Waals surface area contributed by atoms with E-state index in [9.17, 15) is 17.6 Å². The van der Waals surface area contributed by atoms with Crippen LogP contribution in [0.15, 0.2) is 47.4 Å². The molecular formula is C20H23FN2O3S. The SMILES string of the molecule is Cc1ccc(NC(=O)C2CCN(S(=O)(=O)c3ccc(F)cc3C)CC2)cc1. The van der Waals surface area contributed by atoms with E-state index in [0.717, 1.165) is 17.3 Å². The van der Waals surface area contributed by atoms with E-state index in [0.29, 0.717) is 18.4 Å². The summed E-state index contributed by atoms with van der Waals surface area (Å²) in [4.78, 5) is 12.6. The van der Waals surface area contributed by atoms with Crippen LogP contribution in [0.3, 0.4) is 0 Å². The number of rotatable bonds is 4. The molecule has 0 saturated carbocycles. The Morgan fingerprint density at radius 3 is 2.30 bits per heavy atom. The molecule has 1 N–H and O–H groups in total. The van der Waals surface area contributed by atoms with Crippen molar-refractivity contribution in [2.75, 3.05) is 18.4 Å². The number of benzene rings is 2. The molecule has 0 bridgehead atoms. The number of nitrogens with one attached hydrogen (secondary N) is 1. The third-order valence-electron chi connectivity index (χ3n) is 4.90. The first kappa shape index (κ1) is 19.5. The Balaban J connectivity index is 1.64. The molecule has 1 heterocycles. The van der Waals surface area contributed by atoms with E-state index in [1.165, 1.54) is 16.4 Å². The minimum absolute atomic E-state index is 0.0890. The average Bonchev–Trinajstić information content (AvgIpc) is 2.63. The molecule has 0 atom stereocenters. The summed E-state index contributed by atoms with van der Waals surface area (Å²) in [6.45, 7) is 4.10. The second-order valence-corrected chi connectivity index (χ2v) is 8.85. The Bertz CT molecular complexity index is 934. The number of hydrogen-bond donors (Lipinski definition) is 1. The summed E-state index contributed by atoms with van der Waals surface area (Å²) < 4.78 is 40.3. The number of nitrogens with zero attached hydrogens (tertiary/aromatic N) is 1. The van der Waals surface area contributed by atoms with Crippen LogP contribution in [0.1, 0.15) is 24.0 Å². The predicted molar refractivity (Wildman–Crippen MR) is 102 cm³/mol. The lowest BCUT2D eigenvalue weighted by Crippen LogP contribution is -2.41. The van der Waals surface area contributed by atoms with Crippen LogP contribution in [0, 0.1) is 25.6 Å². The summed E-state index contributed by atoms with van der Waals surface area (Å²) >= 11 is 0. The maximum absolute atomic E-state index is 13.3. The second kappa shape index (κ2) is 7.78. The summed E-state index contributed by atoms with van der Waals surface area (Å²) in [6, 6.07) is 11.2. The lowest BCUT2D eigenvalue weighted by Gasteiger charge is -2.31. The molecule has 2 aromatic carbocycles. The molecule has 1 amide bonds. The minimum Gasteiger partial charge on any atom is -0.326 e. The van der Waals surface area contributed by atoms with Gasteiger partial charge in [0.2, 0.25) is 15.9 Å². The highest BCUT2D eigenvalue weighted by molar-refractivity contribution is 7.89. The first-order valence-electron chi connectivity index (χ1n) is 8.91. The zero-order valence-electron chi connectivity index (χ0n) is 15.4. The molecule has 1 aliphatic rings. The van der Waals surface area contributed by atoms with Gasteiger partial charge in [-0.1, -0.05) is 17.7 Å². The topological polar surface area (TPSA) is 66.5 Å². The van der Waals surface area contributed by atoms with Gasteiger partial charge >= 0.3 is 0 Å². The molecule has 0 radical (unpaired) electrons. The number of halogens is 1. The quantitative estimate of drug-likeness (QED) is 0.869. The Morgan fingerprint density at radius 2 is 1.70 bits per heavy atom. The van der Waals surface area contributed by atoms with E-state index < -0.39 is 15.8 Å². The monoisotopic (exact) mass is 390 g/mol. The van der Waals surface area contributed by atoms with Gasteiger partial charge in [0.25, 0.3) is 0 Å². The van der Waals surface area contributed by atoms with Crippen molar-refractivity contribution in [1.29, 1.82) is 0 Å². The molecular weight excluding hydrogens is 367 g/mol. The summed E-state index contributed by atoms with van der Waals surface area (Å²) in [6.07, 6.45) is 0.911. The van der Waals surface area contributed by atoms with Gasteiger partial charge in [0, 0.05) is 24.7 Å². The smallest absolute Gasteiger partial charge is 0.243 e. The maximum atomic E-state index is 13.3. The maximum Gasteiger partial charge on any atom is 0.243 e. The van der Waals surface area contributed by atoms with Gasteiger partial charge in [-0.15, -0.1) is 0 Å². The molecule has 7 heteroatoms. The number of sulfonamides is 1. The van der Waals surface area contributed by atoms with E-state index in [-0.39, 0.29) is 29.8 Å². The van der Waals surface area contributed by atoms with Crippen LogP contribution < -0.4 is 5.32 Å². The van der Waals surface area contributed by atoms with E-state index in [2.05, 4.69) is 5.32 Å². The molecule has 1 saturated heterocycles. The van der Waals surface area contributed by atoms with Crippen LogP contribution in [-0.2, 0) is 14.8 Å². The van der Waals surface area contributed by atoms with Gasteiger partial charge in [0.1, 0.15) is 5.82 Å². The highest BCUT2D eigenvalue weighted by atomic mass is 32.2. The van der Waals surface area contributed by atoms with Crippen molar-refractivity contribution in [3.05, 3.63) is 59.4 Å². The standard InChI is InChI=1S/C20H23FN2O3S/c1-14-3-6-18(7-4-14)22-20(24)16-9-11-23(12-10-16)27(25,26)19-8-5-17(21)13-15(19)2/h3-8,13,16H,9-12H2,1-2H3,(H,22,24). The summed E-state index contributed by atoms with van der Waals surface area (Å²) in [7, 11) is -3.69. The summed E-state index contributed by atoms with van der Waals surface area (Å²) in [5.74, 6) is -0.779. The number of carbonyl (C=O) groups excluding carboxylic acids is 1. The lowest BCUT2D eigenvalue weighted by molar-refractivity contribution is -0.120. The van der Waals surface area contributed by atoms with Crippen LogP contribution in [-0.4, -0.2) is 31.7 Å². The van der Waals surface area contributed by atoms with Crippen molar-refractivity contribution in [3.8, 4) is 0 Å². The van der Waals surface area contributed by atoms with E-state index in [1.807, 2.05) is 31.2 Å². The Hall–Kier alpha value is -2.25. The van der Waals surface area contributed by atoms with Crippen LogP contribution in [0.25, 0.3) is 0 Å². The van der Waals surface area contributed by atoms with Crippen molar-refractivity contribution >= 4 is 21.6 Å². The Kier molecular flexibility index (Phi) is 5.62. The normalized spacial score (nSPS) is 16.3. The van der Waals surface area contributed by atoms with Crippen LogP contribution >= 0.6 is 0 Å². The van der Waals surface area contributed by atoms with Gasteiger partial charge in [-0.25, -0.2) is 12.8 Å². The summed E-state index contributed by atoms with van der Waals surface area (Å²) in [5.41, 5.74) is 2.24. The van der Waals surface area contributed by atoms with Gasteiger partial charge in [0.05, 0.1) is 4.90 Å². The molecule has 3 rings (SSSR count). The molecule has 1 aliphatic heterocycles. The van der Waals surface area contributed by atoms with Crippen molar-refractivity contribution < 1.29 is 17.6 Å². The lowest BCUT2D eigenvalue weighted by atomic mass is 9.97. The van der Waals surface area contributed by atoms with Crippen LogP contribution in [0.2, 0.25) is 0 Å². The third-order valence-corrected chi connectivity index (χ3v) is 6.96. The van der Waals surface area contributed by atoms with Gasteiger partial charge in [-0.2, -0.15) is 4.31 Å². The number of aryl methyl sites for hydroxylation is 2. The fourth-order valence-electron chi connectivity index (χ4n) is 3.28. The molecule has 5 nitrogen and oxygen atoms in total. The average molecular weight is 390 g/mol. The zero-order chi connectivity index (χ0) is 19.6. The number of hydrogen-bond acceptors (Lipinski definition) is 3. The van der Waals surface area contributed by atoms with E-state index in [4.69, 9.17) is 0 Å². The van der Waals surface area contributed by atoms with Crippen molar-refractivity contribution in [2.24, 2.45) is 5.92 Å². The minimum atomic E-state index is -3.69. The van der Waals surface area contributed by atoms with Crippen molar-refractivity contribution in [1.82, 2.24) is 4.31 Å². The molecule has 144 valence electrons. The Morgan fingerprint density at radius 1 is 1.07 bits per heavy atom. The number of piperidine rings is 1. The van der Waals surface area contributed by atoms with E-state index in [1.54, 1.807) is 6.92 Å². The fraction of sp³-hybridized carbons (Fsp3) is 0.350. The largest absolute Gasteiger partial charge is 0.326 e. The van der Waals surface area contributed by atoms with E-state index >= 15 is 0 Å². The van der Waals surface area contributed by atoms with Gasteiger partial charge in [-0.3, -0.25) is 4.79 Å². The highest BCUT2D eigenvalue weighted by Crippen LogP contribution is 2.26. The molecule has 27 heavy (non-hydrogen) atoms. The predicted octanol–water partition coefficient (Wildman–Crippen LogP) is 3.48. The highest BCUT2D eigenvalue weighted by Gasteiger charge is 2.32. The van der Waals surface area contributed by atoms with Gasteiger partial charge in [0.15, 0.2) is 0 Å². The number of anilines is 1. The van der Waals surface area contributed by atoms with Crippen molar-refractivity contribution in [2.45, 2.75) is 31.6 Å². The summed E-state index contributed by atoms with van der Waals surface area (Å²) in [5, 5.41) is 2.89. The first-order chi connectivity index (χ1) is 12.8. The number of amides is 1. The molecule has 0 spiro atoms.